The van der Waals surface area contributed by atoms with E-state index >= 15 is 0 Å². The molecular weight excluding hydrogens is 571 g/mol. The highest BCUT2D eigenvalue weighted by atomic mass is 15.0. The Balaban J connectivity index is 1.23. The van der Waals surface area contributed by atoms with E-state index in [1.54, 1.807) is 0 Å². The van der Waals surface area contributed by atoms with Gasteiger partial charge in [0, 0.05) is 33.6 Å². The Labute approximate surface area is 273 Å². The molecule has 0 N–H and O–H groups in total. The van der Waals surface area contributed by atoms with Gasteiger partial charge < -0.3 is 4.57 Å². The van der Waals surface area contributed by atoms with E-state index in [-0.39, 0.29) is 0 Å². The number of benzene rings is 6. The molecule has 0 saturated carbocycles. The predicted molar refractivity (Wildman–Crippen MR) is 196 cm³/mol. The number of aromatic nitrogens is 3. The van der Waals surface area contributed by atoms with Gasteiger partial charge in [0.25, 0.3) is 0 Å². The molecule has 0 spiro atoms. The Bertz CT molecular complexity index is 2550. The van der Waals surface area contributed by atoms with Crippen LogP contribution in [0.3, 0.4) is 0 Å². The van der Waals surface area contributed by atoms with Gasteiger partial charge in [0.15, 0.2) is 0 Å². The van der Waals surface area contributed by atoms with Crippen LogP contribution in [0.5, 0.6) is 0 Å². The Morgan fingerprint density at radius 1 is 0.383 bits per heavy atom. The summed E-state index contributed by atoms with van der Waals surface area (Å²) in [4.78, 5) is 9.48. The fraction of sp³-hybridized carbons (Fsp3) is 0. The topological polar surface area (TPSA) is 30.7 Å². The molecule has 47 heavy (non-hydrogen) atoms. The molecule has 0 saturated heterocycles. The Morgan fingerprint density at radius 2 is 1.02 bits per heavy atom. The van der Waals surface area contributed by atoms with Gasteiger partial charge >= 0.3 is 0 Å². The normalized spacial score (nSPS) is 11.4. The second-order valence-electron chi connectivity index (χ2n) is 11.9. The second-order valence-corrected chi connectivity index (χ2v) is 11.9. The molecule has 0 aliphatic carbocycles. The zero-order valence-electron chi connectivity index (χ0n) is 25.6. The van der Waals surface area contributed by atoms with Crippen LogP contribution in [-0.2, 0) is 0 Å². The summed E-state index contributed by atoms with van der Waals surface area (Å²) < 4.78 is 2.43. The van der Waals surface area contributed by atoms with Crippen molar-refractivity contribution in [2.24, 2.45) is 0 Å². The molecule has 0 bridgehead atoms. The van der Waals surface area contributed by atoms with Crippen molar-refractivity contribution in [1.82, 2.24) is 14.5 Å². The van der Waals surface area contributed by atoms with Crippen molar-refractivity contribution in [3.8, 4) is 50.6 Å². The smallest absolute Gasteiger partial charge is 0.0893 e. The maximum absolute atomic E-state index is 4.98. The lowest BCUT2D eigenvalue weighted by Gasteiger charge is -2.12. The highest BCUT2D eigenvalue weighted by molar-refractivity contribution is 6.19. The highest BCUT2D eigenvalue weighted by Gasteiger charge is 2.17. The van der Waals surface area contributed by atoms with Gasteiger partial charge in [0.2, 0.25) is 0 Å². The van der Waals surface area contributed by atoms with E-state index in [4.69, 9.17) is 4.98 Å². The molecular formula is C44H29N3. The third kappa shape index (κ3) is 4.77. The van der Waals surface area contributed by atoms with Crippen molar-refractivity contribution in [2.75, 3.05) is 0 Å². The molecule has 3 heterocycles. The Hall–Kier alpha value is -6.32. The first kappa shape index (κ1) is 27.0. The monoisotopic (exact) mass is 599 g/mol. The van der Waals surface area contributed by atoms with Gasteiger partial charge in [-0.3, -0.25) is 4.98 Å². The average Bonchev–Trinajstić information content (AvgIpc) is 3.50. The lowest BCUT2D eigenvalue weighted by molar-refractivity contribution is 1.19. The van der Waals surface area contributed by atoms with Crippen LogP contribution in [-0.4, -0.2) is 14.5 Å². The van der Waals surface area contributed by atoms with E-state index in [1.807, 2.05) is 30.5 Å². The van der Waals surface area contributed by atoms with Gasteiger partial charge in [-0.15, -0.1) is 0 Å². The number of hydrogen-bond donors (Lipinski definition) is 0. The van der Waals surface area contributed by atoms with Crippen LogP contribution in [0.2, 0.25) is 0 Å². The summed E-state index contributed by atoms with van der Waals surface area (Å²) in [6.45, 7) is 0. The molecule has 0 amide bonds. The summed E-state index contributed by atoms with van der Waals surface area (Å²) in [5.41, 5.74) is 12.1. The molecule has 3 aromatic heterocycles. The van der Waals surface area contributed by atoms with Gasteiger partial charge in [0.05, 0.1) is 28.1 Å². The van der Waals surface area contributed by atoms with Crippen LogP contribution in [0.25, 0.3) is 83.2 Å². The van der Waals surface area contributed by atoms with Crippen molar-refractivity contribution in [1.29, 1.82) is 0 Å². The molecule has 9 rings (SSSR count). The first-order valence-electron chi connectivity index (χ1n) is 15.9. The summed E-state index contributed by atoms with van der Waals surface area (Å²) in [6.07, 6.45) is 1.81. The van der Waals surface area contributed by atoms with Crippen molar-refractivity contribution in [2.45, 2.75) is 0 Å². The van der Waals surface area contributed by atoms with E-state index in [2.05, 4.69) is 155 Å². The molecule has 3 heteroatoms. The first-order chi connectivity index (χ1) is 23.3. The minimum Gasteiger partial charge on any atom is -0.309 e. The summed E-state index contributed by atoms with van der Waals surface area (Å²) >= 11 is 0. The SMILES string of the molecule is c1ccc(-c2cccc(-c3ccc4c5ccc6cc(-c7cccc(-c8ccccn8)n7)ccc6c5n(-c5ccccc5)c4c3)c2)cc1. The van der Waals surface area contributed by atoms with Crippen LogP contribution < -0.4 is 0 Å². The van der Waals surface area contributed by atoms with Gasteiger partial charge in [-0.25, -0.2) is 4.98 Å². The summed E-state index contributed by atoms with van der Waals surface area (Å²) in [5, 5.41) is 4.86. The molecule has 0 fully saturated rings. The third-order valence-corrected chi connectivity index (χ3v) is 9.03. The van der Waals surface area contributed by atoms with Crippen LogP contribution in [0.15, 0.2) is 176 Å². The maximum atomic E-state index is 4.98. The van der Waals surface area contributed by atoms with Gasteiger partial charge in [-0.1, -0.05) is 115 Å². The molecule has 0 unspecified atom stereocenters. The Kier molecular flexibility index (Phi) is 6.46. The van der Waals surface area contributed by atoms with Crippen LogP contribution in [0.1, 0.15) is 0 Å². The molecule has 0 radical (unpaired) electrons. The molecule has 220 valence electrons. The fourth-order valence-electron chi connectivity index (χ4n) is 6.78. The lowest BCUT2D eigenvalue weighted by Crippen LogP contribution is -1.94. The minimum atomic E-state index is 0.868. The molecule has 0 aliphatic rings. The van der Waals surface area contributed by atoms with Crippen molar-refractivity contribution in [3.05, 3.63) is 176 Å². The van der Waals surface area contributed by atoms with Crippen LogP contribution in [0.4, 0.5) is 0 Å². The average molecular weight is 600 g/mol. The maximum Gasteiger partial charge on any atom is 0.0893 e. The zero-order valence-corrected chi connectivity index (χ0v) is 25.6. The fourth-order valence-corrected chi connectivity index (χ4v) is 6.78. The quantitative estimate of drug-likeness (QED) is 0.197. The highest BCUT2D eigenvalue weighted by Crippen LogP contribution is 2.39. The van der Waals surface area contributed by atoms with Gasteiger partial charge in [-0.05, 0) is 82.2 Å². The van der Waals surface area contributed by atoms with E-state index in [1.165, 1.54) is 54.8 Å². The first-order valence-corrected chi connectivity index (χ1v) is 15.9. The molecule has 9 aromatic rings. The minimum absolute atomic E-state index is 0.868. The van der Waals surface area contributed by atoms with Crippen LogP contribution in [0, 0.1) is 0 Å². The standard InChI is InChI=1S/C44H29N3/c1-3-11-30(12-4-1)31-13-9-14-32(27-31)33-20-24-38-39-25-21-34-28-35(40-18-10-19-42(46-40)41-17-7-8-26-45-41)22-23-37(34)44(39)47(43(38)29-33)36-15-5-2-6-16-36/h1-29H. The number of para-hydroxylation sites is 1. The van der Waals surface area contributed by atoms with Gasteiger partial charge in [0.1, 0.15) is 0 Å². The molecule has 0 aliphatic heterocycles. The van der Waals surface area contributed by atoms with Crippen molar-refractivity contribution >= 4 is 32.6 Å². The number of fused-ring (bicyclic) bond motifs is 5. The van der Waals surface area contributed by atoms with Crippen LogP contribution >= 0.6 is 0 Å². The Morgan fingerprint density at radius 3 is 1.85 bits per heavy atom. The second kappa shape index (κ2) is 11.2. The zero-order chi connectivity index (χ0) is 31.2. The number of nitrogens with zero attached hydrogens (tertiary/aromatic N) is 3. The van der Waals surface area contributed by atoms with Crippen molar-refractivity contribution in [3.63, 3.8) is 0 Å². The molecule has 6 aromatic carbocycles. The third-order valence-electron chi connectivity index (χ3n) is 9.03. The largest absolute Gasteiger partial charge is 0.309 e. The number of pyridine rings is 2. The molecule has 3 nitrogen and oxygen atoms in total. The summed E-state index contributed by atoms with van der Waals surface area (Å²) in [7, 11) is 0. The van der Waals surface area contributed by atoms with E-state index < -0.39 is 0 Å². The van der Waals surface area contributed by atoms with Gasteiger partial charge in [-0.2, -0.15) is 0 Å². The van der Waals surface area contributed by atoms with Crippen molar-refractivity contribution < 1.29 is 0 Å². The summed E-state index contributed by atoms with van der Waals surface area (Å²) in [5.74, 6) is 0. The number of rotatable bonds is 5. The van der Waals surface area contributed by atoms with E-state index in [0.717, 1.165) is 28.3 Å². The summed E-state index contributed by atoms with van der Waals surface area (Å²) in [6, 6.07) is 60.3. The molecule has 0 atom stereocenters. The van der Waals surface area contributed by atoms with E-state index in [0.29, 0.717) is 0 Å². The van der Waals surface area contributed by atoms with E-state index in [9.17, 15) is 0 Å². The predicted octanol–water partition coefficient (Wildman–Crippen LogP) is 11.4. The number of hydrogen-bond acceptors (Lipinski definition) is 2. The lowest BCUT2D eigenvalue weighted by atomic mass is 9.98.